The van der Waals surface area contributed by atoms with Crippen LogP contribution in [0.15, 0.2) is 17.9 Å². The minimum Gasteiger partial charge on any atom is -0.481 e. The summed E-state index contributed by atoms with van der Waals surface area (Å²) in [5.41, 5.74) is -1.82. The molecule has 148 valence electrons. The molecule has 3 N–H and O–H groups in total. The third kappa shape index (κ3) is 4.98. The van der Waals surface area contributed by atoms with Crippen LogP contribution in [0.5, 0.6) is 0 Å². The second kappa shape index (κ2) is 10.7. The lowest BCUT2D eigenvalue weighted by Crippen LogP contribution is -2.48. The van der Waals surface area contributed by atoms with E-state index < -0.39 is 29.4 Å². The molecule has 3 atom stereocenters. The second-order valence-corrected chi connectivity index (χ2v) is 8.83. The van der Waals surface area contributed by atoms with E-state index >= 15 is 0 Å². The summed E-state index contributed by atoms with van der Waals surface area (Å²) in [6.07, 6.45) is -0.150. The van der Waals surface area contributed by atoms with Crippen molar-refractivity contribution in [2.24, 2.45) is 11.3 Å². The molecule has 3 unspecified atom stereocenters. The number of hydrogen-bond acceptors (Lipinski definition) is 6. The normalized spacial score (nSPS) is 24.7. The molecule has 0 bridgehead atoms. The predicted molar refractivity (Wildman–Crippen MR) is 108 cm³/mol. The maximum absolute atomic E-state index is 12.6. The van der Waals surface area contributed by atoms with Gasteiger partial charge in [0, 0.05) is 17.9 Å². The molecule has 1 aliphatic carbocycles. The van der Waals surface area contributed by atoms with Crippen LogP contribution in [-0.2, 0) is 19.4 Å². The van der Waals surface area contributed by atoms with Crippen LogP contribution in [0.1, 0.15) is 26.2 Å². The van der Waals surface area contributed by atoms with E-state index in [-0.39, 0.29) is 28.6 Å². The third-order valence-corrected chi connectivity index (χ3v) is 9.02. The Morgan fingerprint density at radius 2 is 1.85 bits per heavy atom. The summed E-state index contributed by atoms with van der Waals surface area (Å²) < 4.78 is 1.24. The van der Waals surface area contributed by atoms with Gasteiger partial charge in [-0.05, 0) is 44.7 Å². The van der Waals surface area contributed by atoms with Gasteiger partial charge in [-0.25, -0.2) is 4.79 Å². The Morgan fingerprint density at radius 1 is 1.23 bits per heavy atom. The summed E-state index contributed by atoms with van der Waals surface area (Å²) in [6, 6.07) is 0. The number of carboxylic acids is 1. The highest BCUT2D eigenvalue weighted by atomic mass is 79.9. The molecule has 1 aliphatic rings. The van der Waals surface area contributed by atoms with Crippen LogP contribution in [0.2, 0.25) is 0 Å². The molecule has 0 saturated heterocycles. The van der Waals surface area contributed by atoms with E-state index in [0.717, 1.165) is 0 Å². The topological polar surface area (TPSA) is 113 Å². The highest BCUT2D eigenvalue weighted by Crippen LogP contribution is 2.57. The number of aliphatic hydroxyl groups is 2. The molecule has 0 radical (unpaired) electrons. The lowest BCUT2D eigenvalue weighted by molar-refractivity contribution is -0.279. The van der Waals surface area contributed by atoms with Gasteiger partial charge in [-0.1, -0.05) is 45.2 Å². The third-order valence-electron chi connectivity index (χ3n) is 3.85. The van der Waals surface area contributed by atoms with Crippen molar-refractivity contribution in [2.75, 3.05) is 13.2 Å². The van der Waals surface area contributed by atoms with Crippen molar-refractivity contribution in [1.82, 2.24) is 0 Å². The number of rotatable bonds is 9. The van der Waals surface area contributed by atoms with E-state index in [9.17, 15) is 19.8 Å². The highest BCUT2D eigenvalue weighted by molar-refractivity contribution is 9.17. The molecular weight excluding hydrogens is 612 g/mol. The van der Waals surface area contributed by atoms with Gasteiger partial charge in [0.25, 0.3) is 0 Å². The summed E-state index contributed by atoms with van der Waals surface area (Å²) in [7, 11) is 0. The molecule has 7 nitrogen and oxygen atoms in total. The van der Waals surface area contributed by atoms with Crippen LogP contribution in [0.4, 0.5) is 0 Å². The molecule has 0 amide bonds. The molecule has 0 spiro atoms. The van der Waals surface area contributed by atoms with Gasteiger partial charge in [0.2, 0.25) is 0 Å². The van der Waals surface area contributed by atoms with E-state index in [1.165, 1.54) is 0 Å². The molecule has 0 aromatic carbocycles. The zero-order valence-electron chi connectivity index (χ0n) is 13.7. The fraction of sp³-hybridized carbons (Fsp3) is 0.600. The van der Waals surface area contributed by atoms with Crippen molar-refractivity contribution in [3.63, 3.8) is 0 Å². The van der Waals surface area contributed by atoms with Crippen molar-refractivity contribution >= 4 is 75.7 Å². The predicted octanol–water partition coefficient (Wildman–Crippen LogP) is 3.71. The maximum Gasteiger partial charge on any atom is 0.351 e. The molecule has 0 saturated carbocycles. The quantitative estimate of drug-likeness (QED) is 0.203. The summed E-state index contributed by atoms with van der Waals surface area (Å²) in [6.45, 7) is 1.24. The molecular formula is C15H18Br4O7. The Kier molecular flexibility index (Phi) is 9.96. The Morgan fingerprint density at radius 3 is 2.35 bits per heavy atom. The van der Waals surface area contributed by atoms with Crippen LogP contribution < -0.4 is 0 Å². The summed E-state index contributed by atoms with van der Waals surface area (Å²) in [5, 5.41) is 29.1. The van der Waals surface area contributed by atoms with Crippen LogP contribution in [0.25, 0.3) is 0 Å². The van der Waals surface area contributed by atoms with Crippen molar-refractivity contribution in [3.8, 4) is 0 Å². The smallest absolute Gasteiger partial charge is 0.351 e. The van der Waals surface area contributed by atoms with Gasteiger partial charge in [0.1, 0.15) is 17.9 Å². The van der Waals surface area contributed by atoms with Crippen LogP contribution in [-0.4, -0.2) is 46.6 Å². The van der Waals surface area contributed by atoms with Crippen molar-refractivity contribution < 1.29 is 34.7 Å². The Labute approximate surface area is 184 Å². The molecule has 0 aliphatic heterocycles. The summed E-state index contributed by atoms with van der Waals surface area (Å²) >= 11 is 13.2. The number of allylic oxidation sites excluding steroid dienone is 2. The number of halogens is 4. The zero-order chi connectivity index (χ0) is 20.1. The largest absolute Gasteiger partial charge is 0.481 e. The number of aliphatic carboxylic acids is 1. The second-order valence-electron chi connectivity index (χ2n) is 5.59. The highest BCUT2D eigenvalue weighted by Gasteiger charge is 2.58. The lowest BCUT2D eigenvalue weighted by Gasteiger charge is -2.40. The minimum absolute atomic E-state index is 0.187. The van der Waals surface area contributed by atoms with Crippen molar-refractivity contribution in [2.45, 2.75) is 32.3 Å². The van der Waals surface area contributed by atoms with E-state index in [4.69, 9.17) is 5.11 Å². The standard InChI is InChI=1S/C15H18Br4O7/c1-2-3-7(21)6-15(14(23)24)8(13(22)26-25-5-4-20)9(16)10(17)11(18)12(15)19/h7-8,20-21H,2-6H2,1H3,(H,23,24). The SMILES string of the molecule is CCCC(O)CC1(C(=O)O)C(Br)=C(Br)C(Br)=C(Br)C1C(=O)OOCCO. The van der Waals surface area contributed by atoms with E-state index in [1.54, 1.807) is 0 Å². The summed E-state index contributed by atoms with van der Waals surface area (Å²) in [5.74, 6) is -3.60. The molecule has 0 fully saturated rings. The average Bonchev–Trinajstić information content (AvgIpc) is 2.58. The Balaban J connectivity index is 3.46. The fourth-order valence-corrected chi connectivity index (χ4v) is 5.74. The van der Waals surface area contributed by atoms with Crippen LogP contribution >= 0.6 is 63.7 Å². The lowest BCUT2D eigenvalue weighted by atomic mass is 9.68. The Hall–Kier alpha value is 0.220. The first-order chi connectivity index (χ1) is 12.1. The first kappa shape index (κ1) is 24.3. The molecule has 0 heterocycles. The van der Waals surface area contributed by atoms with Gasteiger partial charge in [0.05, 0.1) is 12.7 Å². The molecule has 26 heavy (non-hydrogen) atoms. The maximum atomic E-state index is 12.6. The van der Waals surface area contributed by atoms with Gasteiger partial charge >= 0.3 is 11.9 Å². The van der Waals surface area contributed by atoms with Crippen molar-refractivity contribution in [3.05, 3.63) is 17.9 Å². The summed E-state index contributed by atoms with van der Waals surface area (Å²) in [4.78, 5) is 34.2. The first-order valence-corrected chi connectivity index (χ1v) is 10.8. The van der Waals surface area contributed by atoms with Gasteiger partial charge in [-0.2, -0.15) is 4.89 Å². The number of carboxylic acid groups (broad SMARTS) is 1. The average molecular weight is 630 g/mol. The molecule has 11 heteroatoms. The first-order valence-electron chi connectivity index (χ1n) is 7.61. The number of hydrogen-bond donors (Lipinski definition) is 3. The van der Waals surface area contributed by atoms with Gasteiger partial charge in [-0.15, -0.1) is 0 Å². The van der Waals surface area contributed by atoms with E-state index in [0.29, 0.717) is 21.8 Å². The minimum atomic E-state index is -1.82. The monoisotopic (exact) mass is 626 g/mol. The van der Waals surface area contributed by atoms with Crippen LogP contribution in [0, 0.1) is 11.3 Å². The zero-order valence-corrected chi connectivity index (χ0v) is 20.0. The fourth-order valence-electron chi connectivity index (χ4n) is 2.68. The van der Waals surface area contributed by atoms with E-state index in [2.05, 4.69) is 73.5 Å². The van der Waals surface area contributed by atoms with E-state index in [1.807, 2.05) is 6.92 Å². The van der Waals surface area contributed by atoms with Gasteiger partial charge in [0.15, 0.2) is 0 Å². The number of carbonyl (C=O) groups excluding carboxylic acids is 1. The van der Waals surface area contributed by atoms with Crippen molar-refractivity contribution in [1.29, 1.82) is 0 Å². The molecule has 0 aromatic heterocycles. The Bertz CT molecular complexity index is 619. The number of carbonyl (C=O) groups is 2. The van der Waals surface area contributed by atoms with Gasteiger partial charge < -0.3 is 15.3 Å². The molecule has 0 aromatic rings. The van der Waals surface area contributed by atoms with Gasteiger partial charge in [-0.3, -0.25) is 9.68 Å². The van der Waals surface area contributed by atoms with Crippen LogP contribution in [0.3, 0.4) is 0 Å². The number of aliphatic hydroxyl groups excluding tert-OH is 2. The molecule has 1 rings (SSSR count).